The second-order valence-electron chi connectivity index (χ2n) is 7.92. The van der Waals surface area contributed by atoms with Gasteiger partial charge in [0.25, 0.3) is 0 Å². The fourth-order valence-electron chi connectivity index (χ4n) is 5.00. The molecule has 1 spiro atoms. The summed E-state index contributed by atoms with van der Waals surface area (Å²) >= 11 is 0. The molecule has 7 nitrogen and oxygen atoms in total. The lowest BCUT2D eigenvalue weighted by Crippen LogP contribution is -2.56. The van der Waals surface area contributed by atoms with E-state index >= 15 is 0 Å². The molecular weight excluding hydrogens is 360 g/mol. The number of nitrogens with zero attached hydrogens (tertiary/aromatic N) is 2. The van der Waals surface area contributed by atoms with Gasteiger partial charge in [0.1, 0.15) is 5.58 Å². The van der Waals surface area contributed by atoms with Crippen molar-refractivity contribution in [2.24, 2.45) is 0 Å². The molecule has 1 aromatic heterocycles. The monoisotopic (exact) mass is 382 g/mol. The maximum atomic E-state index is 13.2. The number of aryl methyl sites for hydroxylation is 1. The van der Waals surface area contributed by atoms with Crippen LogP contribution in [-0.4, -0.2) is 53.1 Å². The van der Waals surface area contributed by atoms with E-state index < -0.39 is 11.4 Å². The van der Waals surface area contributed by atoms with E-state index in [0.29, 0.717) is 43.7 Å². The highest BCUT2D eigenvalue weighted by Gasteiger charge is 2.61. The Morgan fingerprint density at radius 2 is 2.11 bits per heavy atom. The van der Waals surface area contributed by atoms with Crippen LogP contribution in [0.15, 0.2) is 33.5 Å². The normalized spacial score (nSPS) is 26.6. The summed E-state index contributed by atoms with van der Waals surface area (Å²) in [4.78, 5) is 41.2. The molecular formula is C21H22N2O5. The van der Waals surface area contributed by atoms with Crippen LogP contribution in [0.1, 0.15) is 30.4 Å². The Bertz CT molecular complexity index is 1040. The van der Waals surface area contributed by atoms with Crippen LogP contribution in [0.3, 0.4) is 0 Å². The van der Waals surface area contributed by atoms with Gasteiger partial charge in [0.2, 0.25) is 11.8 Å². The van der Waals surface area contributed by atoms with Crippen LogP contribution < -0.4 is 5.63 Å². The predicted molar refractivity (Wildman–Crippen MR) is 101 cm³/mol. The van der Waals surface area contributed by atoms with Gasteiger partial charge in [0, 0.05) is 31.0 Å². The largest absolute Gasteiger partial charge is 0.423 e. The molecule has 3 aliphatic heterocycles. The molecule has 4 heterocycles. The predicted octanol–water partition coefficient (Wildman–Crippen LogP) is 1.59. The number of carbonyl (C=O) groups is 2. The van der Waals surface area contributed by atoms with Crippen molar-refractivity contribution in [2.45, 2.75) is 44.4 Å². The molecule has 7 heteroatoms. The third kappa shape index (κ3) is 2.49. The summed E-state index contributed by atoms with van der Waals surface area (Å²) in [6.07, 6.45) is 1.89. The second-order valence-corrected chi connectivity index (χ2v) is 7.92. The first-order valence-corrected chi connectivity index (χ1v) is 9.75. The summed E-state index contributed by atoms with van der Waals surface area (Å²) < 4.78 is 11.4. The van der Waals surface area contributed by atoms with Gasteiger partial charge in [0.15, 0.2) is 5.72 Å². The first kappa shape index (κ1) is 17.4. The van der Waals surface area contributed by atoms with Crippen molar-refractivity contribution >= 4 is 22.8 Å². The van der Waals surface area contributed by atoms with Crippen molar-refractivity contribution in [1.29, 1.82) is 0 Å². The smallest absolute Gasteiger partial charge is 0.336 e. The van der Waals surface area contributed by atoms with E-state index in [1.807, 2.05) is 24.0 Å². The number of rotatable bonds is 2. The van der Waals surface area contributed by atoms with Gasteiger partial charge in [-0.2, -0.15) is 0 Å². The Kier molecular flexibility index (Phi) is 3.84. The molecule has 2 amide bonds. The first-order valence-electron chi connectivity index (χ1n) is 9.75. The zero-order valence-electron chi connectivity index (χ0n) is 15.8. The van der Waals surface area contributed by atoms with E-state index in [1.54, 1.807) is 11.0 Å². The molecule has 3 fully saturated rings. The van der Waals surface area contributed by atoms with Gasteiger partial charge in [-0.3, -0.25) is 9.59 Å². The minimum absolute atomic E-state index is 0.0588. The number of hydrogen-bond acceptors (Lipinski definition) is 5. The van der Waals surface area contributed by atoms with Crippen molar-refractivity contribution in [2.75, 3.05) is 19.7 Å². The molecule has 2 atom stereocenters. The number of benzene rings is 1. The molecule has 0 radical (unpaired) electrons. The average Bonchev–Trinajstić information content (AvgIpc) is 3.13. The molecule has 28 heavy (non-hydrogen) atoms. The highest BCUT2D eigenvalue weighted by Crippen LogP contribution is 2.45. The molecule has 1 aromatic carbocycles. The minimum atomic E-state index is -0.653. The minimum Gasteiger partial charge on any atom is -0.423 e. The van der Waals surface area contributed by atoms with Gasteiger partial charge >= 0.3 is 5.63 Å². The molecule has 0 saturated carbocycles. The number of likely N-dealkylation sites (tertiary alicyclic amines) is 1. The van der Waals surface area contributed by atoms with Crippen molar-refractivity contribution in [3.8, 4) is 0 Å². The van der Waals surface area contributed by atoms with E-state index in [0.717, 1.165) is 17.4 Å². The maximum Gasteiger partial charge on any atom is 0.336 e. The number of hydrogen-bond donors (Lipinski definition) is 0. The highest BCUT2D eigenvalue weighted by atomic mass is 16.5. The van der Waals surface area contributed by atoms with Crippen LogP contribution in [0.25, 0.3) is 11.0 Å². The van der Waals surface area contributed by atoms with Crippen LogP contribution >= 0.6 is 0 Å². The lowest BCUT2D eigenvalue weighted by molar-refractivity contribution is -0.181. The van der Waals surface area contributed by atoms with Crippen LogP contribution in [0, 0.1) is 6.92 Å². The Labute approximate surface area is 161 Å². The molecule has 2 aromatic rings. The fourth-order valence-corrected chi connectivity index (χ4v) is 5.00. The Balaban J connectivity index is 1.45. The number of carbonyl (C=O) groups excluding carboxylic acids is 2. The van der Waals surface area contributed by atoms with Crippen LogP contribution in [0.4, 0.5) is 0 Å². The zero-order chi connectivity index (χ0) is 19.5. The summed E-state index contributed by atoms with van der Waals surface area (Å²) in [5, 5.41) is 0.769. The average molecular weight is 382 g/mol. The van der Waals surface area contributed by atoms with Gasteiger partial charge in [-0.25, -0.2) is 4.79 Å². The van der Waals surface area contributed by atoms with Crippen LogP contribution in [-0.2, 0) is 20.7 Å². The molecule has 146 valence electrons. The molecule has 3 aliphatic rings. The van der Waals surface area contributed by atoms with Gasteiger partial charge in [0.05, 0.1) is 25.5 Å². The van der Waals surface area contributed by atoms with Gasteiger partial charge in [-0.1, -0.05) is 12.1 Å². The quantitative estimate of drug-likeness (QED) is 0.737. The summed E-state index contributed by atoms with van der Waals surface area (Å²) in [5.41, 5.74) is 1.02. The lowest BCUT2D eigenvalue weighted by atomic mass is 10.0. The Hall–Kier alpha value is -2.67. The van der Waals surface area contributed by atoms with Gasteiger partial charge in [-0.15, -0.1) is 0 Å². The molecule has 0 aliphatic carbocycles. The van der Waals surface area contributed by atoms with Gasteiger partial charge in [-0.05, 0) is 30.5 Å². The van der Waals surface area contributed by atoms with Crippen LogP contribution in [0.2, 0.25) is 0 Å². The van der Waals surface area contributed by atoms with Crippen LogP contribution in [0.5, 0.6) is 0 Å². The molecule has 0 N–H and O–H groups in total. The first-order chi connectivity index (χ1) is 13.5. The van der Waals surface area contributed by atoms with Crippen molar-refractivity contribution in [3.05, 3.63) is 45.8 Å². The highest BCUT2D eigenvalue weighted by molar-refractivity contribution is 5.89. The number of ether oxygens (including phenoxy) is 1. The molecule has 0 unspecified atom stereocenters. The molecule has 5 rings (SSSR count). The zero-order valence-corrected chi connectivity index (χ0v) is 15.8. The summed E-state index contributed by atoms with van der Waals surface area (Å²) in [6, 6.07) is 6.77. The Morgan fingerprint density at radius 3 is 2.96 bits per heavy atom. The van der Waals surface area contributed by atoms with Crippen molar-refractivity contribution in [3.63, 3.8) is 0 Å². The summed E-state index contributed by atoms with van der Waals surface area (Å²) in [6.45, 7) is 3.80. The van der Waals surface area contributed by atoms with E-state index in [1.165, 1.54) is 6.07 Å². The van der Waals surface area contributed by atoms with Crippen molar-refractivity contribution in [1.82, 2.24) is 9.80 Å². The third-order valence-electron chi connectivity index (χ3n) is 6.26. The topological polar surface area (TPSA) is 80.1 Å². The SMILES string of the molecule is Cc1ccc2c(CC(=O)N3CC[C@@]45OCCCN4C(=O)C[C@@H]35)cc(=O)oc2c1. The number of amides is 2. The third-order valence-corrected chi connectivity index (χ3v) is 6.26. The molecule has 0 bridgehead atoms. The Morgan fingerprint density at radius 1 is 1.25 bits per heavy atom. The standard InChI is InChI=1S/C21H22N2O5/c1-13-3-4-15-14(11-20(26)28-16(15)9-13)10-18(24)22-7-5-21-17(22)12-19(25)23(21)6-2-8-27-21/h3-4,9,11,17H,2,5-8,10,12H2,1H3/t17-,21+/m1/s1. The van der Waals surface area contributed by atoms with Crippen molar-refractivity contribution < 1.29 is 18.7 Å². The fraction of sp³-hybridized carbons (Fsp3) is 0.476. The van der Waals surface area contributed by atoms with E-state index in [-0.39, 0.29) is 24.3 Å². The van der Waals surface area contributed by atoms with E-state index in [9.17, 15) is 14.4 Å². The van der Waals surface area contributed by atoms with E-state index in [4.69, 9.17) is 9.15 Å². The molecule has 3 saturated heterocycles. The maximum absolute atomic E-state index is 13.2. The van der Waals surface area contributed by atoms with E-state index in [2.05, 4.69) is 0 Å². The van der Waals surface area contributed by atoms with Gasteiger partial charge < -0.3 is 19.0 Å². The summed E-state index contributed by atoms with van der Waals surface area (Å²) in [7, 11) is 0. The lowest BCUT2D eigenvalue weighted by Gasteiger charge is -2.42. The second kappa shape index (κ2) is 6.17. The summed E-state index contributed by atoms with van der Waals surface area (Å²) in [5.74, 6) is -0.0262. The number of fused-ring (bicyclic) bond motifs is 1.